The predicted molar refractivity (Wildman–Crippen MR) is 139 cm³/mol. The molecule has 174 valence electrons. The molecule has 0 atom stereocenters. The molecule has 7 heteroatoms. The first-order valence-electron chi connectivity index (χ1n) is 10.5. The van der Waals surface area contributed by atoms with Crippen LogP contribution in [0.15, 0.2) is 58.6 Å². The van der Waals surface area contributed by atoms with Crippen molar-refractivity contribution in [3.63, 3.8) is 0 Å². The fourth-order valence-corrected chi connectivity index (χ4v) is 3.99. The quantitative estimate of drug-likeness (QED) is 0.255. The number of hydrogen-bond donors (Lipinski definition) is 1. The van der Waals surface area contributed by atoms with E-state index >= 15 is 0 Å². The summed E-state index contributed by atoms with van der Waals surface area (Å²) in [5, 5.41) is 12.8. The predicted octanol–water partition coefficient (Wildman–Crippen LogP) is 7.16. The van der Waals surface area contributed by atoms with E-state index < -0.39 is 5.91 Å². The Morgan fingerprint density at radius 3 is 2.50 bits per heavy atom. The molecule has 3 rings (SSSR count). The summed E-state index contributed by atoms with van der Waals surface area (Å²) in [6.45, 7) is 6.35. The molecule has 1 amide bonds. The van der Waals surface area contributed by atoms with Gasteiger partial charge in [-0.3, -0.25) is 4.79 Å². The Kier molecular flexibility index (Phi) is 8.38. The van der Waals surface area contributed by atoms with E-state index in [0.717, 1.165) is 11.1 Å². The van der Waals surface area contributed by atoms with E-state index in [1.54, 1.807) is 30.3 Å². The summed E-state index contributed by atoms with van der Waals surface area (Å²) in [5.41, 5.74) is 5.40. The zero-order valence-electron chi connectivity index (χ0n) is 19.3. The van der Waals surface area contributed by atoms with E-state index in [4.69, 9.17) is 21.1 Å². The van der Waals surface area contributed by atoms with Crippen molar-refractivity contribution >= 4 is 45.2 Å². The second-order valence-electron chi connectivity index (χ2n) is 7.82. The summed E-state index contributed by atoms with van der Waals surface area (Å²) in [6.07, 6.45) is 1.50. The van der Waals surface area contributed by atoms with Crippen LogP contribution in [0.25, 0.3) is 6.08 Å². The van der Waals surface area contributed by atoms with Gasteiger partial charge in [0, 0.05) is 10.7 Å². The second-order valence-corrected chi connectivity index (χ2v) is 9.12. The largest absolute Gasteiger partial charge is 0.493 e. The molecule has 0 heterocycles. The lowest BCUT2D eigenvalue weighted by Gasteiger charge is -2.14. The maximum absolute atomic E-state index is 12.7. The molecule has 0 spiro atoms. The number of carbonyl (C=O) groups is 1. The molecule has 0 aromatic heterocycles. The number of ether oxygens (including phenoxy) is 2. The molecular weight excluding hydrogens is 516 g/mol. The minimum absolute atomic E-state index is 0.0582. The van der Waals surface area contributed by atoms with Crippen molar-refractivity contribution in [2.45, 2.75) is 27.4 Å². The summed E-state index contributed by atoms with van der Waals surface area (Å²) >= 11 is 9.55. The third kappa shape index (κ3) is 6.19. The molecule has 0 aliphatic rings. The van der Waals surface area contributed by atoms with E-state index in [2.05, 4.69) is 47.2 Å². The van der Waals surface area contributed by atoms with Crippen molar-refractivity contribution in [2.75, 3.05) is 12.4 Å². The topological polar surface area (TPSA) is 71.3 Å². The van der Waals surface area contributed by atoms with E-state index in [9.17, 15) is 10.1 Å². The Labute approximate surface area is 213 Å². The van der Waals surface area contributed by atoms with E-state index in [0.29, 0.717) is 38.9 Å². The van der Waals surface area contributed by atoms with Gasteiger partial charge in [0.25, 0.3) is 5.91 Å². The second kappa shape index (κ2) is 11.2. The standard InChI is InChI=1S/C27H24BrClN2O3/c1-16-5-7-19(9-18(16)3)15-34-26-23(28)11-20(12-25(26)33-4)10-21(14-30)27(32)31-24-13-22(29)8-6-17(24)2/h5-13H,15H2,1-4H3,(H,31,32)/b21-10+. The normalized spacial score (nSPS) is 11.0. The summed E-state index contributed by atoms with van der Waals surface area (Å²) < 4.78 is 12.2. The van der Waals surface area contributed by atoms with Gasteiger partial charge >= 0.3 is 0 Å². The van der Waals surface area contributed by atoms with Gasteiger partial charge in [-0.15, -0.1) is 0 Å². The average Bonchev–Trinajstić information content (AvgIpc) is 2.80. The van der Waals surface area contributed by atoms with Crippen LogP contribution >= 0.6 is 27.5 Å². The number of nitrogens with one attached hydrogen (secondary N) is 1. The van der Waals surface area contributed by atoms with Gasteiger partial charge in [0.05, 0.1) is 11.6 Å². The maximum Gasteiger partial charge on any atom is 0.266 e. The SMILES string of the molecule is COc1cc(/C=C(\C#N)C(=O)Nc2cc(Cl)ccc2C)cc(Br)c1OCc1ccc(C)c(C)c1. The van der Waals surface area contributed by atoms with Crippen molar-refractivity contribution in [3.05, 3.63) is 91.4 Å². The van der Waals surface area contributed by atoms with Gasteiger partial charge in [0.1, 0.15) is 18.2 Å². The lowest BCUT2D eigenvalue weighted by molar-refractivity contribution is -0.112. The van der Waals surface area contributed by atoms with Crippen LogP contribution < -0.4 is 14.8 Å². The highest BCUT2D eigenvalue weighted by Gasteiger charge is 2.15. The number of halogens is 2. The van der Waals surface area contributed by atoms with Crippen molar-refractivity contribution in [3.8, 4) is 17.6 Å². The van der Waals surface area contributed by atoms with Crippen LogP contribution in [0.2, 0.25) is 5.02 Å². The van der Waals surface area contributed by atoms with Gasteiger partial charge in [-0.1, -0.05) is 35.9 Å². The number of nitrogens with zero attached hydrogens (tertiary/aromatic N) is 1. The maximum atomic E-state index is 12.7. The minimum atomic E-state index is -0.530. The Morgan fingerprint density at radius 2 is 1.82 bits per heavy atom. The summed E-state index contributed by atoms with van der Waals surface area (Å²) in [5.74, 6) is 0.487. The van der Waals surface area contributed by atoms with Crippen LogP contribution in [0.4, 0.5) is 5.69 Å². The minimum Gasteiger partial charge on any atom is -0.493 e. The lowest BCUT2D eigenvalue weighted by Crippen LogP contribution is -2.14. The lowest BCUT2D eigenvalue weighted by atomic mass is 10.1. The smallest absolute Gasteiger partial charge is 0.266 e. The summed E-state index contributed by atoms with van der Waals surface area (Å²) in [7, 11) is 1.54. The third-order valence-corrected chi connectivity index (χ3v) is 6.15. The Bertz CT molecular complexity index is 1310. The molecule has 0 aliphatic carbocycles. The number of benzene rings is 3. The fraction of sp³-hybridized carbons (Fsp3) is 0.185. The van der Waals surface area contributed by atoms with Gasteiger partial charge < -0.3 is 14.8 Å². The Morgan fingerprint density at radius 1 is 1.09 bits per heavy atom. The highest BCUT2D eigenvalue weighted by Crippen LogP contribution is 2.38. The molecule has 3 aromatic rings. The molecule has 0 radical (unpaired) electrons. The van der Waals surface area contributed by atoms with Crippen molar-refractivity contribution in [2.24, 2.45) is 0 Å². The molecule has 0 saturated carbocycles. The van der Waals surface area contributed by atoms with Crippen LogP contribution in [-0.2, 0) is 11.4 Å². The van der Waals surface area contributed by atoms with Gasteiger partial charge in [0.2, 0.25) is 0 Å². The third-order valence-electron chi connectivity index (χ3n) is 5.33. The van der Waals surface area contributed by atoms with Gasteiger partial charge in [0.15, 0.2) is 11.5 Å². The van der Waals surface area contributed by atoms with Gasteiger partial charge in [-0.05, 0) is 94.9 Å². The molecule has 5 nitrogen and oxygen atoms in total. The number of nitriles is 1. The number of rotatable bonds is 7. The Balaban J connectivity index is 1.83. The fourth-order valence-electron chi connectivity index (χ4n) is 3.25. The highest BCUT2D eigenvalue weighted by molar-refractivity contribution is 9.10. The van der Waals surface area contributed by atoms with Crippen molar-refractivity contribution in [1.82, 2.24) is 0 Å². The molecule has 34 heavy (non-hydrogen) atoms. The number of methoxy groups -OCH3 is 1. The molecule has 0 aliphatic heterocycles. The number of hydrogen-bond acceptors (Lipinski definition) is 4. The van der Waals surface area contributed by atoms with Crippen LogP contribution in [0.3, 0.4) is 0 Å². The first-order valence-corrected chi connectivity index (χ1v) is 11.6. The van der Waals surface area contributed by atoms with Crippen LogP contribution in [0.5, 0.6) is 11.5 Å². The van der Waals surface area contributed by atoms with Gasteiger partial charge in [-0.2, -0.15) is 5.26 Å². The van der Waals surface area contributed by atoms with E-state index in [1.807, 2.05) is 19.1 Å². The van der Waals surface area contributed by atoms with E-state index in [-0.39, 0.29) is 5.57 Å². The molecule has 0 fully saturated rings. The monoisotopic (exact) mass is 538 g/mol. The zero-order chi connectivity index (χ0) is 24.8. The molecule has 0 saturated heterocycles. The number of anilines is 1. The first kappa shape index (κ1) is 25.4. The highest BCUT2D eigenvalue weighted by atomic mass is 79.9. The van der Waals surface area contributed by atoms with Crippen molar-refractivity contribution < 1.29 is 14.3 Å². The zero-order valence-corrected chi connectivity index (χ0v) is 21.7. The van der Waals surface area contributed by atoms with E-state index in [1.165, 1.54) is 24.3 Å². The number of aryl methyl sites for hydroxylation is 3. The molecule has 0 unspecified atom stereocenters. The summed E-state index contributed by atoms with van der Waals surface area (Å²) in [4.78, 5) is 12.7. The molecular formula is C27H24BrClN2O3. The molecule has 1 N–H and O–H groups in total. The summed E-state index contributed by atoms with van der Waals surface area (Å²) in [6, 6.07) is 16.8. The Hall–Kier alpha value is -3.27. The van der Waals surface area contributed by atoms with Gasteiger partial charge in [-0.25, -0.2) is 0 Å². The number of amides is 1. The van der Waals surface area contributed by atoms with Crippen LogP contribution in [-0.4, -0.2) is 13.0 Å². The van der Waals surface area contributed by atoms with Crippen LogP contribution in [0, 0.1) is 32.1 Å². The van der Waals surface area contributed by atoms with Crippen molar-refractivity contribution in [1.29, 1.82) is 5.26 Å². The molecule has 0 bridgehead atoms. The molecule has 3 aromatic carbocycles. The number of carbonyl (C=O) groups excluding carboxylic acids is 1. The van der Waals surface area contributed by atoms with Crippen LogP contribution in [0.1, 0.15) is 27.8 Å². The first-order chi connectivity index (χ1) is 16.2. The average molecular weight is 540 g/mol.